The molecular formula is C16H31NaO6S. The summed E-state index contributed by atoms with van der Waals surface area (Å²) in [7, 11) is -4.66. The van der Waals surface area contributed by atoms with Crippen LogP contribution in [0.1, 0.15) is 84.0 Å². The summed E-state index contributed by atoms with van der Waals surface area (Å²) in [5, 5.41) is 0. The van der Waals surface area contributed by atoms with Gasteiger partial charge in [0.05, 0.1) is 13.2 Å². The Morgan fingerprint density at radius 3 is 1.83 bits per heavy atom. The monoisotopic (exact) mass is 374 g/mol. The first-order valence-corrected chi connectivity index (χ1v) is 10.0. The van der Waals surface area contributed by atoms with Gasteiger partial charge in [-0.2, -0.15) is 0 Å². The molecule has 0 aromatic rings. The van der Waals surface area contributed by atoms with Crippen LogP contribution >= 0.6 is 0 Å². The third-order valence-corrected chi connectivity index (χ3v) is 3.97. The fraction of sp³-hybridized carbons (Fsp3) is 0.938. The number of hydrogen-bond donors (Lipinski definition) is 0. The topological polar surface area (TPSA) is 92.7 Å². The van der Waals surface area contributed by atoms with Crippen LogP contribution in [0.25, 0.3) is 0 Å². The second-order valence-corrected chi connectivity index (χ2v) is 6.79. The van der Waals surface area contributed by atoms with Crippen molar-refractivity contribution in [3.8, 4) is 0 Å². The van der Waals surface area contributed by atoms with Crippen LogP contribution in [-0.2, 0) is 24.1 Å². The Kier molecular flexibility index (Phi) is 20.1. The molecule has 0 heterocycles. The fourth-order valence-corrected chi connectivity index (χ4v) is 2.55. The van der Waals surface area contributed by atoms with Crippen molar-refractivity contribution in [1.82, 2.24) is 0 Å². The second kappa shape index (κ2) is 18.1. The van der Waals surface area contributed by atoms with Gasteiger partial charge in [-0.25, -0.2) is 8.42 Å². The molecule has 0 aliphatic carbocycles. The summed E-state index contributed by atoms with van der Waals surface area (Å²) in [5.74, 6) is -0.382. The minimum atomic E-state index is -4.66. The van der Waals surface area contributed by atoms with Crippen LogP contribution in [0.4, 0.5) is 0 Å². The molecule has 0 atom stereocenters. The largest absolute Gasteiger partial charge is 1.00 e. The first-order valence-electron chi connectivity index (χ1n) is 8.71. The Labute approximate surface area is 169 Å². The van der Waals surface area contributed by atoms with E-state index in [0.717, 1.165) is 12.8 Å². The maximum atomic E-state index is 11.3. The van der Waals surface area contributed by atoms with Crippen LogP contribution in [0.15, 0.2) is 0 Å². The van der Waals surface area contributed by atoms with Gasteiger partial charge in [-0.3, -0.25) is 8.98 Å². The summed E-state index contributed by atoms with van der Waals surface area (Å²) >= 11 is 0. The van der Waals surface area contributed by atoms with Gasteiger partial charge in [-0.1, -0.05) is 64.7 Å². The van der Waals surface area contributed by atoms with E-state index in [1.54, 1.807) is 0 Å². The molecule has 0 aromatic carbocycles. The van der Waals surface area contributed by atoms with Crippen LogP contribution in [0.5, 0.6) is 0 Å². The number of carbonyl (C=O) groups is 1. The molecule has 0 bridgehead atoms. The van der Waals surface area contributed by atoms with Crippen molar-refractivity contribution < 1.29 is 56.2 Å². The fourth-order valence-electron chi connectivity index (χ4n) is 2.23. The van der Waals surface area contributed by atoms with Crippen molar-refractivity contribution in [2.75, 3.05) is 13.2 Å². The summed E-state index contributed by atoms with van der Waals surface area (Å²) < 4.78 is 39.5. The summed E-state index contributed by atoms with van der Waals surface area (Å²) in [6.45, 7) is 2.34. The van der Waals surface area contributed by atoms with E-state index in [4.69, 9.17) is 4.74 Å². The van der Waals surface area contributed by atoms with E-state index < -0.39 is 10.4 Å². The van der Waals surface area contributed by atoms with E-state index in [0.29, 0.717) is 6.61 Å². The molecule has 24 heavy (non-hydrogen) atoms. The van der Waals surface area contributed by atoms with Gasteiger partial charge < -0.3 is 9.29 Å². The molecular weight excluding hydrogens is 343 g/mol. The van der Waals surface area contributed by atoms with Crippen LogP contribution in [-0.4, -0.2) is 32.2 Å². The molecule has 0 rings (SSSR count). The van der Waals surface area contributed by atoms with Crippen LogP contribution in [0.3, 0.4) is 0 Å². The van der Waals surface area contributed by atoms with Crippen molar-refractivity contribution in [2.45, 2.75) is 84.0 Å². The summed E-state index contributed by atoms with van der Waals surface area (Å²) in [6.07, 6.45) is 12.4. The average Bonchev–Trinajstić information content (AvgIpc) is 2.48. The molecule has 0 N–H and O–H groups in total. The molecule has 0 unspecified atom stereocenters. The molecule has 0 fully saturated rings. The first-order chi connectivity index (χ1) is 11.0. The molecule has 0 spiro atoms. The van der Waals surface area contributed by atoms with Gasteiger partial charge in [-0.05, 0) is 12.8 Å². The Morgan fingerprint density at radius 2 is 1.33 bits per heavy atom. The van der Waals surface area contributed by atoms with Crippen molar-refractivity contribution in [1.29, 1.82) is 0 Å². The molecule has 8 heteroatoms. The van der Waals surface area contributed by atoms with E-state index in [1.807, 2.05) is 0 Å². The Bertz CT molecular complexity index is 386. The molecule has 0 saturated carbocycles. The average molecular weight is 374 g/mol. The van der Waals surface area contributed by atoms with Gasteiger partial charge in [0.1, 0.15) is 0 Å². The van der Waals surface area contributed by atoms with E-state index in [9.17, 15) is 17.8 Å². The van der Waals surface area contributed by atoms with Crippen LogP contribution < -0.4 is 29.6 Å². The Hall–Kier alpha value is 0.340. The van der Waals surface area contributed by atoms with Gasteiger partial charge in [0.25, 0.3) is 0 Å². The van der Waals surface area contributed by atoms with Crippen LogP contribution in [0, 0.1) is 0 Å². The Balaban J connectivity index is 0. The SMILES string of the molecule is CCCCCCCCCCCCOC(=O)CCCOS(=O)(=O)[O-].[Na+]. The third-order valence-electron chi connectivity index (χ3n) is 3.51. The smallest absolute Gasteiger partial charge is 0.726 e. The number of esters is 1. The number of carbonyl (C=O) groups excluding carboxylic acids is 1. The standard InChI is InChI=1S/C16H32O6S.Na/c1-2-3-4-5-6-7-8-9-10-11-14-21-16(17)13-12-15-22-23(18,19)20;/h2-15H2,1H3,(H,18,19,20);/q;+1/p-1. The van der Waals surface area contributed by atoms with E-state index in [-0.39, 0.29) is 55.0 Å². The first kappa shape index (κ1) is 26.6. The van der Waals surface area contributed by atoms with Gasteiger partial charge >= 0.3 is 35.5 Å². The van der Waals surface area contributed by atoms with Gasteiger partial charge in [-0.15, -0.1) is 0 Å². The number of rotatable bonds is 16. The van der Waals surface area contributed by atoms with Gasteiger partial charge in [0.2, 0.25) is 10.4 Å². The zero-order valence-corrected chi connectivity index (χ0v) is 18.1. The summed E-state index contributed by atoms with van der Waals surface area (Å²) in [4.78, 5) is 11.3. The summed E-state index contributed by atoms with van der Waals surface area (Å²) in [6, 6.07) is 0. The van der Waals surface area contributed by atoms with E-state index in [2.05, 4.69) is 11.1 Å². The normalized spacial score (nSPS) is 11.1. The predicted octanol–water partition coefficient (Wildman–Crippen LogP) is 0.712. The zero-order valence-electron chi connectivity index (χ0n) is 15.3. The molecule has 0 radical (unpaired) electrons. The number of unbranched alkanes of at least 4 members (excludes halogenated alkanes) is 9. The molecule has 6 nitrogen and oxygen atoms in total. The number of ether oxygens (including phenoxy) is 1. The van der Waals surface area contributed by atoms with E-state index >= 15 is 0 Å². The van der Waals surface area contributed by atoms with Crippen molar-refractivity contribution in [3.05, 3.63) is 0 Å². The predicted molar refractivity (Wildman–Crippen MR) is 87.7 cm³/mol. The second-order valence-electron chi connectivity index (χ2n) is 5.74. The maximum absolute atomic E-state index is 11.3. The zero-order chi connectivity index (χ0) is 17.4. The van der Waals surface area contributed by atoms with E-state index in [1.165, 1.54) is 51.4 Å². The molecule has 138 valence electrons. The molecule has 0 amide bonds. The quantitative estimate of drug-likeness (QED) is 0.130. The number of hydrogen-bond acceptors (Lipinski definition) is 6. The maximum Gasteiger partial charge on any atom is 1.00 e. The third kappa shape index (κ3) is 22.3. The Morgan fingerprint density at radius 1 is 0.833 bits per heavy atom. The minimum absolute atomic E-state index is 0. The van der Waals surface area contributed by atoms with Crippen molar-refractivity contribution >= 4 is 16.4 Å². The van der Waals surface area contributed by atoms with Crippen molar-refractivity contribution in [2.24, 2.45) is 0 Å². The van der Waals surface area contributed by atoms with Crippen molar-refractivity contribution in [3.63, 3.8) is 0 Å². The minimum Gasteiger partial charge on any atom is -0.726 e. The van der Waals surface area contributed by atoms with Crippen LogP contribution in [0.2, 0.25) is 0 Å². The molecule has 0 aliphatic heterocycles. The summed E-state index contributed by atoms with van der Waals surface area (Å²) in [5.41, 5.74) is 0. The molecule has 0 saturated heterocycles. The van der Waals surface area contributed by atoms with Gasteiger partial charge in [0.15, 0.2) is 0 Å². The van der Waals surface area contributed by atoms with Gasteiger partial charge in [0, 0.05) is 6.42 Å². The molecule has 0 aromatic heterocycles. The molecule has 0 aliphatic rings.